The van der Waals surface area contributed by atoms with Crippen molar-refractivity contribution in [3.8, 4) is 0 Å². The summed E-state index contributed by atoms with van der Waals surface area (Å²) in [5, 5.41) is 11.3. The minimum atomic E-state index is -1.05. The van der Waals surface area contributed by atoms with Gasteiger partial charge >= 0.3 is 12.1 Å². The van der Waals surface area contributed by atoms with Crippen LogP contribution in [0.1, 0.15) is 31.1 Å². The average molecular weight is 269 g/mol. The van der Waals surface area contributed by atoms with Gasteiger partial charge in [0.25, 0.3) is 0 Å². The van der Waals surface area contributed by atoms with Crippen molar-refractivity contribution >= 4 is 30.4 Å². The fourth-order valence-corrected chi connectivity index (χ4v) is 1.45. The second kappa shape index (κ2) is 5.30. The number of hydrogen-bond acceptors (Lipinski definition) is 4. The molecule has 0 aliphatic rings. The monoisotopic (exact) mass is 269 g/mol. The van der Waals surface area contributed by atoms with E-state index in [1.807, 2.05) is 0 Å². The molecule has 18 heavy (non-hydrogen) atoms. The van der Waals surface area contributed by atoms with Gasteiger partial charge in [0, 0.05) is 4.90 Å². The maximum Gasteiger partial charge on any atom is 0.412 e. The summed E-state index contributed by atoms with van der Waals surface area (Å²) in [6, 6.07) is 4.21. The van der Waals surface area contributed by atoms with E-state index in [1.165, 1.54) is 18.2 Å². The van der Waals surface area contributed by atoms with E-state index >= 15 is 0 Å². The number of amides is 1. The molecule has 1 rings (SSSR count). The van der Waals surface area contributed by atoms with Crippen LogP contribution in [0.2, 0.25) is 0 Å². The highest BCUT2D eigenvalue weighted by molar-refractivity contribution is 7.80. The quantitative estimate of drug-likeness (QED) is 0.721. The first-order valence-corrected chi connectivity index (χ1v) is 5.70. The van der Waals surface area contributed by atoms with Crippen molar-refractivity contribution in [2.45, 2.75) is 31.3 Å². The van der Waals surface area contributed by atoms with Gasteiger partial charge in [0.15, 0.2) is 0 Å². The summed E-state index contributed by atoms with van der Waals surface area (Å²) in [5.74, 6) is -1.05. The molecule has 1 aromatic carbocycles. The van der Waals surface area contributed by atoms with Crippen molar-refractivity contribution in [3.63, 3.8) is 0 Å². The van der Waals surface area contributed by atoms with Gasteiger partial charge in [-0.25, -0.2) is 9.59 Å². The Bertz CT molecular complexity index is 479. The number of benzene rings is 1. The van der Waals surface area contributed by atoms with Crippen LogP contribution in [-0.4, -0.2) is 22.8 Å². The van der Waals surface area contributed by atoms with Crippen LogP contribution in [0.15, 0.2) is 23.1 Å². The smallest absolute Gasteiger partial charge is 0.412 e. The number of anilines is 1. The molecule has 0 saturated carbocycles. The highest BCUT2D eigenvalue weighted by Crippen LogP contribution is 2.22. The van der Waals surface area contributed by atoms with Crippen molar-refractivity contribution in [1.29, 1.82) is 0 Å². The maximum atomic E-state index is 11.5. The van der Waals surface area contributed by atoms with Crippen LogP contribution < -0.4 is 5.32 Å². The molecule has 0 atom stereocenters. The second-order valence-electron chi connectivity index (χ2n) is 4.66. The third-order valence-corrected chi connectivity index (χ3v) is 2.25. The van der Waals surface area contributed by atoms with Crippen molar-refractivity contribution in [3.05, 3.63) is 23.8 Å². The van der Waals surface area contributed by atoms with E-state index < -0.39 is 17.7 Å². The predicted molar refractivity (Wildman–Crippen MR) is 70.5 cm³/mol. The van der Waals surface area contributed by atoms with Gasteiger partial charge in [0.2, 0.25) is 0 Å². The first-order valence-electron chi connectivity index (χ1n) is 5.25. The van der Waals surface area contributed by atoms with E-state index in [-0.39, 0.29) is 5.56 Å². The predicted octanol–water partition coefficient (Wildman–Crippen LogP) is 3.02. The van der Waals surface area contributed by atoms with Gasteiger partial charge in [-0.3, -0.25) is 5.32 Å². The number of aromatic carboxylic acids is 1. The molecule has 0 aromatic heterocycles. The standard InChI is InChI=1S/C12H15NO4S/c1-12(2,3)17-11(16)13-8-5-4-7(10(14)15)6-9(8)18/h4-6,18H,1-3H3,(H,13,16)(H,14,15). The molecule has 0 spiro atoms. The molecule has 0 radical (unpaired) electrons. The SMILES string of the molecule is CC(C)(C)OC(=O)Nc1ccc(C(=O)O)cc1S. The summed E-state index contributed by atoms with van der Waals surface area (Å²) in [4.78, 5) is 22.6. The van der Waals surface area contributed by atoms with Gasteiger partial charge in [-0.15, -0.1) is 12.6 Å². The zero-order valence-electron chi connectivity index (χ0n) is 10.4. The summed E-state index contributed by atoms with van der Waals surface area (Å²) < 4.78 is 5.07. The highest BCUT2D eigenvalue weighted by Gasteiger charge is 2.17. The van der Waals surface area contributed by atoms with Crippen molar-refractivity contribution < 1.29 is 19.4 Å². The molecule has 98 valence electrons. The van der Waals surface area contributed by atoms with Crippen LogP contribution in [0.3, 0.4) is 0 Å². The van der Waals surface area contributed by atoms with Gasteiger partial charge in [-0.1, -0.05) is 0 Å². The third kappa shape index (κ3) is 4.29. The number of thiol groups is 1. The number of carboxylic acids is 1. The van der Waals surface area contributed by atoms with Crippen LogP contribution >= 0.6 is 12.6 Å². The molecule has 1 amide bonds. The van der Waals surface area contributed by atoms with Gasteiger partial charge in [0.1, 0.15) is 5.60 Å². The lowest BCUT2D eigenvalue weighted by atomic mass is 10.2. The molecular formula is C12H15NO4S. The molecule has 0 fully saturated rings. The van der Waals surface area contributed by atoms with E-state index in [1.54, 1.807) is 20.8 Å². The maximum absolute atomic E-state index is 11.5. The average Bonchev–Trinajstić information content (AvgIpc) is 2.17. The summed E-state index contributed by atoms with van der Waals surface area (Å²) in [5.41, 5.74) is -0.0886. The second-order valence-corrected chi connectivity index (χ2v) is 5.15. The molecule has 0 bridgehead atoms. The number of ether oxygens (including phenoxy) is 1. The zero-order chi connectivity index (χ0) is 13.9. The zero-order valence-corrected chi connectivity index (χ0v) is 11.2. The number of hydrogen-bond donors (Lipinski definition) is 3. The molecule has 0 aliphatic heterocycles. The first-order chi connectivity index (χ1) is 8.19. The molecular weight excluding hydrogens is 254 g/mol. The van der Waals surface area contributed by atoms with Crippen LogP contribution in [0.25, 0.3) is 0 Å². The first kappa shape index (κ1) is 14.4. The Kier molecular flexibility index (Phi) is 4.24. The number of carbonyl (C=O) groups excluding carboxylic acids is 1. The van der Waals surface area contributed by atoms with Crippen molar-refractivity contribution in [2.24, 2.45) is 0 Å². The Morgan fingerprint density at radius 2 is 1.94 bits per heavy atom. The number of rotatable bonds is 2. The Labute approximate surface area is 111 Å². The normalized spacial score (nSPS) is 10.9. The minimum Gasteiger partial charge on any atom is -0.478 e. The van der Waals surface area contributed by atoms with Crippen molar-refractivity contribution in [2.75, 3.05) is 5.32 Å². The minimum absolute atomic E-state index is 0.106. The molecule has 6 heteroatoms. The van der Waals surface area contributed by atoms with E-state index in [4.69, 9.17) is 9.84 Å². The lowest BCUT2D eigenvalue weighted by molar-refractivity contribution is 0.0634. The summed E-state index contributed by atoms with van der Waals surface area (Å²) >= 11 is 4.11. The fraction of sp³-hybridized carbons (Fsp3) is 0.333. The van der Waals surface area contributed by atoms with Gasteiger partial charge in [-0.2, -0.15) is 0 Å². The topological polar surface area (TPSA) is 75.6 Å². The Hall–Kier alpha value is -1.69. The number of nitrogens with one attached hydrogen (secondary N) is 1. The number of carboxylic acid groups (broad SMARTS) is 1. The lowest BCUT2D eigenvalue weighted by Gasteiger charge is -2.20. The van der Waals surface area contributed by atoms with E-state index in [0.29, 0.717) is 10.6 Å². The van der Waals surface area contributed by atoms with Gasteiger partial charge in [-0.05, 0) is 39.0 Å². The lowest BCUT2D eigenvalue weighted by Crippen LogP contribution is -2.27. The molecule has 2 N–H and O–H groups in total. The third-order valence-electron chi connectivity index (χ3n) is 1.88. The molecule has 0 unspecified atom stereocenters. The van der Waals surface area contributed by atoms with Gasteiger partial charge < -0.3 is 9.84 Å². The molecule has 1 aromatic rings. The Morgan fingerprint density at radius 1 is 1.33 bits per heavy atom. The number of carbonyl (C=O) groups is 2. The molecule has 5 nitrogen and oxygen atoms in total. The Balaban J connectivity index is 2.80. The largest absolute Gasteiger partial charge is 0.478 e. The summed E-state index contributed by atoms with van der Waals surface area (Å²) in [6.45, 7) is 5.26. The van der Waals surface area contributed by atoms with Crippen LogP contribution in [-0.2, 0) is 4.74 Å². The van der Waals surface area contributed by atoms with E-state index in [2.05, 4.69) is 17.9 Å². The fourth-order valence-electron chi connectivity index (χ4n) is 1.18. The van der Waals surface area contributed by atoms with E-state index in [9.17, 15) is 9.59 Å². The van der Waals surface area contributed by atoms with Crippen molar-refractivity contribution in [1.82, 2.24) is 0 Å². The van der Waals surface area contributed by atoms with Gasteiger partial charge in [0.05, 0.1) is 11.3 Å². The van der Waals surface area contributed by atoms with Crippen LogP contribution in [0, 0.1) is 0 Å². The summed E-state index contributed by atoms with van der Waals surface area (Å²) in [7, 11) is 0. The Morgan fingerprint density at radius 3 is 2.39 bits per heavy atom. The summed E-state index contributed by atoms with van der Waals surface area (Å²) in [6.07, 6.45) is -0.610. The molecule has 0 aliphatic carbocycles. The van der Waals surface area contributed by atoms with Crippen LogP contribution in [0.5, 0.6) is 0 Å². The van der Waals surface area contributed by atoms with Crippen LogP contribution in [0.4, 0.5) is 10.5 Å². The molecule has 0 saturated heterocycles. The van der Waals surface area contributed by atoms with E-state index in [0.717, 1.165) is 0 Å². The highest BCUT2D eigenvalue weighted by atomic mass is 32.1. The molecule has 0 heterocycles.